The Morgan fingerprint density at radius 1 is 0.333 bits per heavy atom. The lowest BCUT2D eigenvalue weighted by Crippen LogP contribution is -2.45. The van der Waals surface area contributed by atoms with E-state index in [9.17, 15) is 19.8 Å². The predicted molar refractivity (Wildman–Crippen MR) is 370 cm³/mol. The number of amides is 1. The molecule has 0 spiro atoms. The number of carbonyl (C=O) groups is 2. The van der Waals surface area contributed by atoms with Crippen LogP contribution in [0.15, 0.2) is 48.6 Å². The van der Waals surface area contributed by atoms with E-state index in [0.29, 0.717) is 25.9 Å². The summed E-state index contributed by atoms with van der Waals surface area (Å²) in [5, 5.41) is 23.4. The van der Waals surface area contributed by atoms with Gasteiger partial charge in [0.15, 0.2) is 0 Å². The Bertz CT molecular complexity index is 1400. The van der Waals surface area contributed by atoms with Crippen LogP contribution in [0.3, 0.4) is 0 Å². The van der Waals surface area contributed by atoms with E-state index in [2.05, 4.69) is 67.8 Å². The van der Waals surface area contributed by atoms with Crippen molar-refractivity contribution < 1.29 is 24.5 Å². The second kappa shape index (κ2) is 73.3. The first-order chi connectivity index (χ1) is 41.5. The van der Waals surface area contributed by atoms with Crippen molar-refractivity contribution in [3.05, 3.63) is 48.6 Å². The number of nitrogens with one attached hydrogen (secondary N) is 1. The molecule has 0 radical (unpaired) electrons. The van der Waals surface area contributed by atoms with Gasteiger partial charge in [0.25, 0.3) is 0 Å². The highest BCUT2D eigenvalue weighted by atomic mass is 16.5. The summed E-state index contributed by atoms with van der Waals surface area (Å²) >= 11 is 0. The third-order valence-corrected chi connectivity index (χ3v) is 17.6. The number of aliphatic hydroxyl groups excluding tert-OH is 2. The number of carbonyl (C=O) groups excluding carboxylic acids is 2. The summed E-state index contributed by atoms with van der Waals surface area (Å²) < 4.78 is 5.50. The smallest absolute Gasteiger partial charge is 0.305 e. The molecular weight excluding hydrogens is 1030 g/mol. The fraction of sp³-hybridized carbons (Fsp3) is 0.872. The largest absolute Gasteiger partial charge is 0.466 e. The first-order valence-electron chi connectivity index (χ1n) is 37.9. The molecule has 0 bridgehead atoms. The molecule has 1 amide bonds. The third-order valence-electron chi connectivity index (χ3n) is 17.6. The second-order valence-electron chi connectivity index (χ2n) is 26.0. The predicted octanol–water partition coefficient (Wildman–Crippen LogP) is 24.8. The van der Waals surface area contributed by atoms with E-state index in [1.165, 1.54) is 321 Å². The fourth-order valence-electron chi connectivity index (χ4n) is 11.8. The molecule has 6 nitrogen and oxygen atoms in total. The highest BCUT2D eigenvalue weighted by Gasteiger charge is 2.20. The van der Waals surface area contributed by atoms with Crippen LogP contribution >= 0.6 is 0 Å². The van der Waals surface area contributed by atoms with Gasteiger partial charge in [0, 0.05) is 12.8 Å². The molecule has 2 unspecified atom stereocenters. The lowest BCUT2D eigenvalue weighted by molar-refractivity contribution is -0.143. The van der Waals surface area contributed by atoms with E-state index in [1.807, 2.05) is 0 Å². The molecule has 84 heavy (non-hydrogen) atoms. The summed E-state index contributed by atoms with van der Waals surface area (Å²) in [6.07, 6.45) is 96.0. The Labute approximate surface area is 525 Å². The zero-order chi connectivity index (χ0) is 60.6. The summed E-state index contributed by atoms with van der Waals surface area (Å²) in [6.45, 7) is 4.97. The molecule has 3 N–H and O–H groups in total. The van der Waals surface area contributed by atoms with E-state index in [4.69, 9.17) is 4.74 Å². The van der Waals surface area contributed by atoms with Gasteiger partial charge in [0.2, 0.25) is 5.91 Å². The van der Waals surface area contributed by atoms with Gasteiger partial charge in [0.1, 0.15) is 0 Å². The molecule has 0 fully saturated rings. The zero-order valence-corrected chi connectivity index (χ0v) is 56.6. The summed E-state index contributed by atoms with van der Waals surface area (Å²) in [5.74, 6) is -0.0303. The fourth-order valence-corrected chi connectivity index (χ4v) is 11.8. The first-order valence-corrected chi connectivity index (χ1v) is 37.9. The van der Waals surface area contributed by atoms with Crippen molar-refractivity contribution in [3.63, 3.8) is 0 Å². The summed E-state index contributed by atoms with van der Waals surface area (Å²) in [6, 6.07) is -0.546. The minimum Gasteiger partial charge on any atom is -0.466 e. The van der Waals surface area contributed by atoms with Gasteiger partial charge in [-0.1, -0.05) is 358 Å². The molecular formula is C78H147NO5. The normalized spacial score (nSPS) is 12.8. The van der Waals surface area contributed by atoms with Crippen molar-refractivity contribution in [1.29, 1.82) is 0 Å². The SMILES string of the molecule is CCCCCC/C=C\C/C=C\CCCCCCCCCC(=O)OCCCCCCCCCCC/C=C\C/C=C\CCCCCCCCCCCCCC(=O)NC(CO)C(O)CCCCCCCCCCCCCCCCCCCCCCCC. The van der Waals surface area contributed by atoms with Crippen LogP contribution in [0.1, 0.15) is 412 Å². The quantitative estimate of drug-likeness (QED) is 0.0320. The van der Waals surface area contributed by atoms with Crippen LogP contribution in [0.2, 0.25) is 0 Å². The number of ether oxygens (including phenoxy) is 1. The number of unbranched alkanes of at least 4 members (excludes halogenated alkanes) is 52. The Balaban J connectivity index is 3.42. The standard InChI is InChI=1S/C78H147NO5/c1-3-5-7-9-11-13-15-17-19-21-23-24-32-35-38-42-46-50-54-58-62-66-70-76(81)75(74-80)79-77(82)71-67-63-59-55-51-47-43-39-36-33-30-28-26-25-27-29-31-34-37-41-45-49-53-57-61-65-69-73-84-78(83)72-68-64-60-56-52-48-44-40-22-20-18-16-14-12-10-8-6-4-2/h14,16,20,22,25-26,29,31,75-76,80-81H,3-13,15,17-19,21,23-24,27-28,30,32-74H2,1-2H3,(H,79,82)/b16-14-,22-20-,26-25-,31-29-. The Hall–Kier alpha value is -2.18. The van der Waals surface area contributed by atoms with Crippen LogP contribution in [-0.4, -0.2) is 47.4 Å². The third kappa shape index (κ3) is 68.9. The van der Waals surface area contributed by atoms with Crippen LogP contribution < -0.4 is 5.32 Å². The molecule has 0 aromatic rings. The molecule has 0 aromatic carbocycles. The average molecular weight is 1180 g/mol. The maximum absolute atomic E-state index is 12.6. The Morgan fingerprint density at radius 3 is 0.917 bits per heavy atom. The molecule has 0 saturated carbocycles. The summed E-state index contributed by atoms with van der Waals surface area (Å²) in [4.78, 5) is 24.7. The molecule has 6 heteroatoms. The van der Waals surface area contributed by atoms with Crippen LogP contribution in [0.5, 0.6) is 0 Å². The Morgan fingerprint density at radius 2 is 0.595 bits per heavy atom. The van der Waals surface area contributed by atoms with Crippen LogP contribution in [0.4, 0.5) is 0 Å². The maximum atomic E-state index is 12.6. The van der Waals surface area contributed by atoms with Crippen LogP contribution in [0, 0.1) is 0 Å². The molecule has 0 aliphatic rings. The van der Waals surface area contributed by atoms with Gasteiger partial charge in [-0.25, -0.2) is 0 Å². The van der Waals surface area contributed by atoms with Crippen LogP contribution in [0.25, 0.3) is 0 Å². The molecule has 2 atom stereocenters. The topological polar surface area (TPSA) is 95.9 Å². The Kier molecular flexibility index (Phi) is 71.4. The zero-order valence-electron chi connectivity index (χ0n) is 56.6. The lowest BCUT2D eigenvalue weighted by Gasteiger charge is -2.22. The average Bonchev–Trinajstić information content (AvgIpc) is 3.51. The van der Waals surface area contributed by atoms with E-state index in [0.717, 1.165) is 57.8 Å². The number of allylic oxidation sites excluding steroid dienone is 8. The number of hydrogen-bond acceptors (Lipinski definition) is 5. The molecule has 0 rings (SSSR count). The maximum Gasteiger partial charge on any atom is 0.305 e. The number of rotatable bonds is 71. The highest BCUT2D eigenvalue weighted by molar-refractivity contribution is 5.76. The van der Waals surface area contributed by atoms with Crippen molar-refractivity contribution in [2.24, 2.45) is 0 Å². The lowest BCUT2D eigenvalue weighted by atomic mass is 10.0. The van der Waals surface area contributed by atoms with E-state index in [1.54, 1.807) is 0 Å². The van der Waals surface area contributed by atoms with Gasteiger partial charge in [-0.2, -0.15) is 0 Å². The number of aliphatic hydroxyl groups is 2. The van der Waals surface area contributed by atoms with Crippen LogP contribution in [-0.2, 0) is 14.3 Å². The minimum atomic E-state index is -0.669. The monoisotopic (exact) mass is 1180 g/mol. The van der Waals surface area contributed by atoms with Crippen molar-refractivity contribution in [2.45, 2.75) is 424 Å². The molecule has 0 heterocycles. The number of hydrogen-bond donors (Lipinski definition) is 3. The van der Waals surface area contributed by atoms with Gasteiger partial charge in [-0.05, 0) is 89.9 Å². The van der Waals surface area contributed by atoms with Gasteiger partial charge < -0.3 is 20.3 Å². The molecule has 494 valence electrons. The van der Waals surface area contributed by atoms with E-state index < -0.39 is 12.1 Å². The highest BCUT2D eigenvalue weighted by Crippen LogP contribution is 2.19. The van der Waals surface area contributed by atoms with Crippen molar-refractivity contribution in [2.75, 3.05) is 13.2 Å². The van der Waals surface area contributed by atoms with E-state index >= 15 is 0 Å². The second-order valence-corrected chi connectivity index (χ2v) is 26.0. The minimum absolute atomic E-state index is 0.00381. The van der Waals surface area contributed by atoms with Gasteiger partial charge >= 0.3 is 5.97 Å². The summed E-state index contributed by atoms with van der Waals surface area (Å²) in [5.41, 5.74) is 0. The van der Waals surface area contributed by atoms with Crippen molar-refractivity contribution >= 4 is 11.9 Å². The molecule has 0 saturated heterocycles. The molecule has 0 aliphatic carbocycles. The molecule has 0 aromatic heterocycles. The van der Waals surface area contributed by atoms with Gasteiger partial charge in [0.05, 0.1) is 25.4 Å². The summed E-state index contributed by atoms with van der Waals surface area (Å²) in [7, 11) is 0. The van der Waals surface area contributed by atoms with Crippen molar-refractivity contribution in [1.82, 2.24) is 5.32 Å². The van der Waals surface area contributed by atoms with Crippen molar-refractivity contribution in [3.8, 4) is 0 Å². The van der Waals surface area contributed by atoms with E-state index in [-0.39, 0.29) is 18.5 Å². The molecule has 0 aliphatic heterocycles. The first kappa shape index (κ1) is 81.8. The van der Waals surface area contributed by atoms with Gasteiger partial charge in [-0.15, -0.1) is 0 Å². The van der Waals surface area contributed by atoms with Gasteiger partial charge in [-0.3, -0.25) is 9.59 Å². The number of esters is 1.